The fraction of sp³-hybridized carbons (Fsp3) is 1.00. The molecule has 0 aromatic carbocycles. The van der Waals surface area contributed by atoms with E-state index in [1.165, 1.54) is 77.5 Å². The van der Waals surface area contributed by atoms with Crippen molar-refractivity contribution in [2.45, 2.75) is 72.1 Å². The van der Waals surface area contributed by atoms with Crippen LogP contribution in [0.2, 0.25) is 0 Å². The highest BCUT2D eigenvalue weighted by atomic mass is 15.1. The molecule has 0 amide bonds. The molecule has 2 heterocycles. The van der Waals surface area contributed by atoms with E-state index in [4.69, 9.17) is 0 Å². The van der Waals surface area contributed by atoms with Crippen LogP contribution in [0.5, 0.6) is 0 Å². The SMILES string of the molecule is CC1CCCCC1.CC1CCN(C)C1.CC1CCN(C)CC1. The van der Waals surface area contributed by atoms with E-state index in [-0.39, 0.29) is 0 Å². The molecule has 0 N–H and O–H groups in total. The van der Waals surface area contributed by atoms with Gasteiger partial charge in [-0.3, -0.25) is 0 Å². The Morgan fingerprint density at radius 3 is 1.27 bits per heavy atom. The second-order valence-electron chi connectivity index (χ2n) is 8.39. The average molecular weight is 311 g/mol. The number of nitrogens with zero attached hydrogens (tertiary/aromatic N) is 2. The molecule has 132 valence electrons. The van der Waals surface area contributed by atoms with Crippen molar-refractivity contribution in [2.24, 2.45) is 17.8 Å². The van der Waals surface area contributed by atoms with Crippen molar-refractivity contribution in [1.29, 1.82) is 0 Å². The Labute approximate surface area is 140 Å². The maximum atomic E-state index is 2.40. The lowest BCUT2D eigenvalue weighted by Crippen LogP contribution is -2.28. The Morgan fingerprint density at radius 2 is 1.00 bits per heavy atom. The van der Waals surface area contributed by atoms with Crippen LogP contribution in [-0.2, 0) is 0 Å². The van der Waals surface area contributed by atoms with Gasteiger partial charge >= 0.3 is 0 Å². The molecule has 3 aliphatic rings. The smallest absolute Gasteiger partial charge is 0.000445 e. The second kappa shape index (κ2) is 11.5. The Morgan fingerprint density at radius 1 is 0.545 bits per heavy atom. The lowest BCUT2D eigenvalue weighted by Gasteiger charge is -2.26. The molecular formula is C20H42N2. The molecule has 2 aliphatic heterocycles. The maximum absolute atomic E-state index is 2.40. The number of hydrogen-bond donors (Lipinski definition) is 0. The summed E-state index contributed by atoms with van der Waals surface area (Å²) in [6, 6.07) is 0. The zero-order valence-electron chi connectivity index (χ0n) is 16.1. The van der Waals surface area contributed by atoms with E-state index in [0.717, 1.165) is 17.8 Å². The fourth-order valence-corrected chi connectivity index (χ4v) is 3.60. The van der Waals surface area contributed by atoms with Crippen molar-refractivity contribution < 1.29 is 0 Å². The van der Waals surface area contributed by atoms with Gasteiger partial charge in [-0.05, 0) is 70.7 Å². The molecule has 2 saturated heterocycles. The first kappa shape index (κ1) is 20.0. The molecule has 22 heavy (non-hydrogen) atoms. The summed E-state index contributed by atoms with van der Waals surface area (Å²) in [5.41, 5.74) is 0. The second-order valence-corrected chi connectivity index (χ2v) is 8.39. The Bertz CT molecular complexity index is 230. The summed E-state index contributed by atoms with van der Waals surface area (Å²) in [5.74, 6) is 2.96. The third-order valence-electron chi connectivity index (χ3n) is 5.53. The van der Waals surface area contributed by atoms with E-state index >= 15 is 0 Å². The highest BCUT2D eigenvalue weighted by Crippen LogP contribution is 2.22. The van der Waals surface area contributed by atoms with Gasteiger partial charge in [-0.25, -0.2) is 0 Å². The number of rotatable bonds is 0. The number of piperidine rings is 1. The molecule has 0 aromatic heterocycles. The van der Waals surface area contributed by atoms with Crippen molar-refractivity contribution in [3.63, 3.8) is 0 Å². The zero-order chi connectivity index (χ0) is 16.4. The molecule has 1 unspecified atom stereocenters. The van der Waals surface area contributed by atoms with Crippen molar-refractivity contribution in [3.8, 4) is 0 Å². The lowest BCUT2D eigenvalue weighted by atomic mass is 9.91. The first-order valence-corrected chi connectivity index (χ1v) is 9.84. The summed E-state index contributed by atoms with van der Waals surface area (Å²) in [4.78, 5) is 4.78. The highest BCUT2D eigenvalue weighted by molar-refractivity contribution is 4.67. The van der Waals surface area contributed by atoms with Gasteiger partial charge < -0.3 is 9.80 Å². The first-order chi connectivity index (χ1) is 10.5. The molecule has 2 heteroatoms. The van der Waals surface area contributed by atoms with Crippen LogP contribution >= 0.6 is 0 Å². The molecule has 0 radical (unpaired) electrons. The van der Waals surface area contributed by atoms with Gasteiger partial charge in [-0.2, -0.15) is 0 Å². The van der Waals surface area contributed by atoms with E-state index in [1.807, 2.05) is 0 Å². The van der Waals surface area contributed by atoms with Crippen LogP contribution < -0.4 is 0 Å². The average Bonchev–Trinajstić information content (AvgIpc) is 2.88. The summed E-state index contributed by atoms with van der Waals surface area (Å²) in [6.45, 7) is 12.2. The molecule has 1 saturated carbocycles. The van der Waals surface area contributed by atoms with Crippen molar-refractivity contribution in [2.75, 3.05) is 40.3 Å². The minimum absolute atomic E-state index is 0.949. The van der Waals surface area contributed by atoms with E-state index in [9.17, 15) is 0 Å². The van der Waals surface area contributed by atoms with Gasteiger partial charge in [-0.1, -0.05) is 52.9 Å². The van der Waals surface area contributed by atoms with Gasteiger partial charge in [0.15, 0.2) is 0 Å². The van der Waals surface area contributed by atoms with E-state index < -0.39 is 0 Å². The Balaban J connectivity index is 0.000000166. The molecular weight excluding hydrogens is 268 g/mol. The summed E-state index contributed by atoms with van der Waals surface area (Å²) < 4.78 is 0. The van der Waals surface area contributed by atoms with Gasteiger partial charge in [0.1, 0.15) is 0 Å². The minimum Gasteiger partial charge on any atom is -0.306 e. The van der Waals surface area contributed by atoms with Crippen LogP contribution in [-0.4, -0.2) is 50.1 Å². The van der Waals surface area contributed by atoms with Crippen LogP contribution in [0.1, 0.15) is 72.1 Å². The summed E-state index contributed by atoms with van der Waals surface area (Å²) >= 11 is 0. The van der Waals surface area contributed by atoms with Crippen LogP contribution in [0.4, 0.5) is 0 Å². The predicted molar refractivity (Wildman–Crippen MR) is 99.4 cm³/mol. The van der Waals surface area contributed by atoms with Gasteiger partial charge in [0.25, 0.3) is 0 Å². The van der Waals surface area contributed by atoms with E-state index in [2.05, 4.69) is 44.7 Å². The molecule has 1 atom stereocenters. The predicted octanol–water partition coefficient (Wildman–Crippen LogP) is 4.89. The monoisotopic (exact) mass is 310 g/mol. The molecule has 3 rings (SSSR count). The van der Waals surface area contributed by atoms with Gasteiger partial charge in [0.2, 0.25) is 0 Å². The van der Waals surface area contributed by atoms with Crippen molar-refractivity contribution >= 4 is 0 Å². The van der Waals surface area contributed by atoms with E-state index in [0.29, 0.717) is 0 Å². The van der Waals surface area contributed by atoms with E-state index in [1.54, 1.807) is 0 Å². The maximum Gasteiger partial charge on any atom is 0.000445 e. The van der Waals surface area contributed by atoms with Crippen LogP contribution in [0.3, 0.4) is 0 Å². The Hall–Kier alpha value is -0.0800. The van der Waals surface area contributed by atoms with Gasteiger partial charge in [0.05, 0.1) is 0 Å². The van der Waals surface area contributed by atoms with Crippen molar-refractivity contribution in [3.05, 3.63) is 0 Å². The van der Waals surface area contributed by atoms with Crippen molar-refractivity contribution in [1.82, 2.24) is 9.80 Å². The molecule has 0 bridgehead atoms. The standard InChI is InChI=1S/C7H15N.C7H14.C6H13N/c1-7-3-5-8(2)6-4-7;1-7-5-3-2-4-6-7;1-6-3-4-7(2)5-6/h7H,3-6H2,1-2H3;7H,2-6H2,1H3;6H,3-5H2,1-2H3. The fourth-order valence-electron chi connectivity index (χ4n) is 3.60. The van der Waals surface area contributed by atoms with Crippen LogP contribution in [0.25, 0.3) is 0 Å². The molecule has 0 spiro atoms. The largest absolute Gasteiger partial charge is 0.306 e. The molecule has 1 aliphatic carbocycles. The molecule has 3 fully saturated rings. The normalized spacial score (nSPS) is 28.5. The number of hydrogen-bond acceptors (Lipinski definition) is 2. The lowest BCUT2D eigenvalue weighted by molar-refractivity contribution is 0.230. The van der Waals surface area contributed by atoms with Gasteiger partial charge in [0, 0.05) is 6.54 Å². The Kier molecular flexibility index (Phi) is 10.4. The zero-order valence-corrected chi connectivity index (χ0v) is 16.1. The van der Waals surface area contributed by atoms with Gasteiger partial charge in [-0.15, -0.1) is 0 Å². The summed E-state index contributed by atoms with van der Waals surface area (Å²) in [5, 5.41) is 0. The quantitative estimate of drug-likeness (QED) is 0.628. The number of likely N-dealkylation sites (tertiary alicyclic amines) is 2. The first-order valence-electron chi connectivity index (χ1n) is 9.84. The van der Waals surface area contributed by atoms with Crippen LogP contribution in [0, 0.1) is 17.8 Å². The topological polar surface area (TPSA) is 6.48 Å². The third-order valence-corrected chi connectivity index (χ3v) is 5.53. The molecule has 0 aromatic rings. The third kappa shape index (κ3) is 9.84. The summed E-state index contributed by atoms with van der Waals surface area (Å²) in [6.07, 6.45) is 11.6. The molecule has 2 nitrogen and oxygen atoms in total. The van der Waals surface area contributed by atoms with Crippen LogP contribution in [0.15, 0.2) is 0 Å². The minimum atomic E-state index is 0.949. The highest BCUT2D eigenvalue weighted by Gasteiger charge is 2.13. The summed E-state index contributed by atoms with van der Waals surface area (Å²) in [7, 11) is 4.38.